The molecule has 0 aliphatic carbocycles. The third-order valence-corrected chi connectivity index (χ3v) is 11.1. The van der Waals surface area contributed by atoms with Crippen LogP contribution in [-0.4, -0.2) is 60.5 Å². The van der Waals surface area contributed by atoms with E-state index in [1.165, 1.54) is 46.7 Å². The summed E-state index contributed by atoms with van der Waals surface area (Å²) in [6.45, 7) is 5.32. The SMILES string of the molecule is Cc1cnc(N2CC3(CCOCC3)C2)c(C(=O)Nc2ccc(C(=O)N3CCc4cc(C(=O)Nc5ncccc5F)sc4-c4ccc(F)cc43)cc2)c1. The fourth-order valence-corrected chi connectivity index (χ4v) is 8.29. The number of ether oxygens (including phenoxy) is 1. The molecule has 10 nitrogen and oxygen atoms in total. The third-order valence-electron chi connectivity index (χ3n) is 9.91. The Kier molecular flexibility index (Phi) is 8.76. The summed E-state index contributed by atoms with van der Waals surface area (Å²) in [5.41, 5.74) is 4.24. The van der Waals surface area contributed by atoms with E-state index in [-0.39, 0.29) is 29.6 Å². The van der Waals surface area contributed by atoms with E-state index in [0.29, 0.717) is 45.2 Å². The summed E-state index contributed by atoms with van der Waals surface area (Å²) in [6.07, 6.45) is 5.56. The lowest BCUT2D eigenvalue weighted by Gasteiger charge is -2.53. The maximum Gasteiger partial charge on any atom is 0.266 e. The van der Waals surface area contributed by atoms with Crippen molar-refractivity contribution in [2.24, 2.45) is 5.41 Å². The number of halogens is 2. The van der Waals surface area contributed by atoms with Gasteiger partial charge in [0, 0.05) is 72.3 Å². The van der Waals surface area contributed by atoms with Crippen LogP contribution in [-0.2, 0) is 11.2 Å². The summed E-state index contributed by atoms with van der Waals surface area (Å²) >= 11 is 1.18. The van der Waals surface area contributed by atoms with Crippen LogP contribution in [0.3, 0.4) is 0 Å². The largest absolute Gasteiger partial charge is 0.381 e. The van der Waals surface area contributed by atoms with Gasteiger partial charge in [-0.25, -0.2) is 18.7 Å². The molecule has 3 aliphatic heterocycles. The lowest BCUT2D eigenvalue weighted by Crippen LogP contribution is -2.59. The normalized spacial score (nSPS) is 16.0. The molecule has 5 aromatic rings. The number of nitrogens with one attached hydrogen (secondary N) is 2. The van der Waals surface area contributed by atoms with E-state index >= 15 is 0 Å². The maximum absolute atomic E-state index is 14.7. The second kappa shape index (κ2) is 13.5. The highest BCUT2D eigenvalue weighted by Gasteiger charge is 2.45. The van der Waals surface area contributed by atoms with Crippen LogP contribution in [0.25, 0.3) is 10.4 Å². The fraction of sp³-hybridized carbons (Fsp3) is 0.256. The van der Waals surface area contributed by atoms with E-state index in [1.54, 1.807) is 42.6 Å². The summed E-state index contributed by atoms with van der Waals surface area (Å²) in [7, 11) is 0. The quantitative estimate of drug-likeness (QED) is 0.192. The molecule has 0 bridgehead atoms. The van der Waals surface area contributed by atoms with Gasteiger partial charge in [-0.05, 0) is 104 Å². The Morgan fingerprint density at radius 1 is 0.923 bits per heavy atom. The Morgan fingerprint density at radius 3 is 2.48 bits per heavy atom. The van der Waals surface area contributed by atoms with Gasteiger partial charge in [-0.15, -0.1) is 11.3 Å². The second-order valence-electron chi connectivity index (χ2n) is 13.5. The zero-order chi connectivity index (χ0) is 36.0. The number of thiophene rings is 1. The van der Waals surface area contributed by atoms with E-state index in [4.69, 9.17) is 4.74 Å². The summed E-state index contributed by atoms with van der Waals surface area (Å²) in [5.74, 6) is -1.82. The van der Waals surface area contributed by atoms with Gasteiger partial charge in [0.25, 0.3) is 17.7 Å². The van der Waals surface area contributed by atoms with Crippen LogP contribution in [0, 0.1) is 24.0 Å². The zero-order valence-electron chi connectivity index (χ0n) is 28.2. The Bertz CT molecular complexity index is 2210. The highest BCUT2D eigenvalue weighted by molar-refractivity contribution is 7.17. The third kappa shape index (κ3) is 6.41. The molecule has 0 unspecified atom stereocenters. The molecule has 52 heavy (non-hydrogen) atoms. The van der Waals surface area contributed by atoms with Gasteiger partial charge in [0.2, 0.25) is 0 Å². The first-order valence-corrected chi connectivity index (χ1v) is 17.9. The molecule has 8 rings (SSSR count). The Labute approximate surface area is 302 Å². The number of hydrogen-bond acceptors (Lipinski definition) is 8. The van der Waals surface area contributed by atoms with Crippen LogP contribution in [0.1, 0.15) is 54.4 Å². The number of carbonyl (C=O) groups is 3. The summed E-state index contributed by atoms with van der Waals surface area (Å²) in [5, 5.41) is 5.47. The van der Waals surface area contributed by atoms with Crippen molar-refractivity contribution in [2.75, 3.05) is 53.3 Å². The van der Waals surface area contributed by atoms with Crippen LogP contribution in [0.2, 0.25) is 0 Å². The van der Waals surface area contributed by atoms with Crippen LogP contribution in [0.15, 0.2) is 79.1 Å². The minimum absolute atomic E-state index is 0.173. The first kappa shape index (κ1) is 33.6. The van der Waals surface area contributed by atoms with Crippen molar-refractivity contribution in [3.05, 3.63) is 118 Å². The van der Waals surface area contributed by atoms with Crippen molar-refractivity contribution in [1.29, 1.82) is 0 Å². The fourth-order valence-electron chi connectivity index (χ4n) is 7.15. The summed E-state index contributed by atoms with van der Waals surface area (Å²) in [6, 6.07) is 17.0. The predicted molar refractivity (Wildman–Crippen MR) is 195 cm³/mol. The number of rotatable bonds is 6. The predicted octanol–water partition coefficient (Wildman–Crippen LogP) is 7.12. The van der Waals surface area contributed by atoms with Crippen molar-refractivity contribution in [2.45, 2.75) is 26.2 Å². The highest BCUT2D eigenvalue weighted by atomic mass is 32.1. The standard InChI is InChI=1S/C39H34F2N6O4S/c1-23-17-29(35(43-20-23)46-21-39(22-46)11-15-51-16-12-39)36(48)44-27-7-4-24(5-8-27)38(50)47-14-10-25-18-32(37(49)45-34-30(41)3-2-13-42-34)52-33(25)28-9-6-26(40)19-31(28)47/h2-9,13,17-20H,10-12,14-16,21-22H2,1H3,(H,44,48)(H,42,45,49). The minimum Gasteiger partial charge on any atom is -0.381 e. The number of pyridine rings is 2. The molecule has 3 aromatic heterocycles. The molecule has 2 fully saturated rings. The molecular weight excluding hydrogens is 687 g/mol. The number of benzene rings is 2. The lowest BCUT2D eigenvalue weighted by atomic mass is 9.73. The monoisotopic (exact) mass is 720 g/mol. The Morgan fingerprint density at radius 2 is 1.71 bits per heavy atom. The van der Waals surface area contributed by atoms with Gasteiger partial charge < -0.3 is 25.2 Å². The van der Waals surface area contributed by atoms with Gasteiger partial charge in [-0.2, -0.15) is 0 Å². The van der Waals surface area contributed by atoms with E-state index in [2.05, 4.69) is 25.5 Å². The van der Waals surface area contributed by atoms with E-state index in [0.717, 1.165) is 55.1 Å². The van der Waals surface area contributed by atoms with E-state index in [9.17, 15) is 23.2 Å². The van der Waals surface area contributed by atoms with Crippen molar-refractivity contribution < 1.29 is 27.9 Å². The number of hydrogen-bond donors (Lipinski definition) is 2. The number of nitrogens with zero attached hydrogens (tertiary/aromatic N) is 4. The van der Waals surface area contributed by atoms with Crippen LogP contribution in [0.5, 0.6) is 0 Å². The Hall–Kier alpha value is -5.53. The van der Waals surface area contributed by atoms with Crippen LogP contribution < -0.4 is 20.4 Å². The number of amides is 3. The lowest BCUT2D eigenvalue weighted by molar-refractivity contribution is -0.000511. The molecule has 2 N–H and O–H groups in total. The van der Waals surface area contributed by atoms with Crippen LogP contribution in [0.4, 0.5) is 31.8 Å². The first-order chi connectivity index (χ1) is 25.2. The van der Waals surface area contributed by atoms with Gasteiger partial charge in [-0.1, -0.05) is 0 Å². The molecule has 2 aromatic carbocycles. The van der Waals surface area contributed by atoms with Gasteiger partial charge in [0.15, 0.2) is 11.6 Å². The Balaban J connectivity index is 0.989. The number of fused-ring (bicyclic) bond motifs is 3. The number of aromatic nitrogens is 2. The summed E-state index contributed by atoms with van der Waals surface area (Å²) in [4.78, 5) is 53.9. The zero-order valence-corrected chi connectivity index (χ0v) is 29.1. The van der Waals surface area contributed by atoms with Gasteiger partial charge >= 0.3 is 0 Å². The molecule has 0 saturated carbocycles. The van der Waals surface area contributed by atoms with E-state index in [1.807, 2.05) is 13.0 Å². The molecule has 13 heteroatoms. The number of aryl methyl sites for hydroxylation is 1. The maximum atomic E-state index is 14.7. The molecule has 3 aliphatic rings. The first-order valence-electron chi connectivity index (χ1n) is 17.0. The molecule has 1 spiro atoms. The van der Waals surface area contributed by atoms with Gasteiger partial charge in [-0.3, -0.25) is 14.4 Å². The molecule has 0 radical (unpaired) electrons. The number of anilines is 4. The average molecular weight is 721 g/mol. The molecule has 3 amide bonds. The van der Waals surface area contributed by atoms with Crippen molar-refractivity contribution in [3.63, 3.8) is 0 Å². The molecule has 6 heterocycles. The smallest absolute Gasteiger partial charge is 0.266 e. The van der Waals surface area contributed by atoms with Crippen LogP contribution >= 0.6 is 11.3 Å². The molecule has 0 atom stereocenters. The minimum atomic E-state index is -0.650. The summed E-state index contributed by atoms with van der Waals surface area (Å²) < 4.78 is 34.4. The average Bonchev–Trinajstić information content (AvgIpc) is 3.50. The van der Waals surface area contributed by atoms with Gasteiger partial charge in [0.1, 0.15) is 11.6 Å². The molecule has 2 saturated heterocycles. The van der Waals surface area contributed by atoms with Crippen molar-refractivity contribution >= 4 is 52.1 Å². The van der Waals surface area contributed by atoms with E-state index < -0.39 is 17.5 Å². The van der Waals surface area contributed by atoms with Gasteiger partial charge in [0.05, 0.1) is 16.1 Å². The molecular formula is C39H34F2N6O4S. The molecule has 264 valence electrons. The number of carbonyl (C=O) groups excluding carboxylic acids is 3. The highest BCUT2D eigenvalue weighted by Crippen LogP contribution is 2.44. The van der Waals surface area contributed by atoms with Crippen molar-refractivity contribution in [1.82, 2.24) is 9.97 Å². The topological polar surface area (TPSA) is 117 Å². The van der Waals surface area contributed by atoms with Crippen molar-refractivity contribution in [3.8, 4) is 10.4 Å². The second-order valence-corrected chi connectivity index (χ2v) is 14.6.